The third-order valence-electron chi connectivity index (χ3n) is 7.32. The first-order valence-electron chi connectivity index (χ1n) is 14.0. The number of furan rings is 1. The number of benzene rings is 2. The molecule has 0 fully saturated rings. The number of aryl methyl sites for hydroxylation is 1. The van der Waals surface area contributed by atoms with Crippen LogP contribution in [-0.2, 0) is 11.3 Å². The molecule has 0 aliphatic heterocycles. The number of carbonyl (C=O) groups excluding carboxylic acids is 2. The number of fused-ring (bicyclic) bond motifs is 3. The summed E-state index contributed by atoms with van der Waals surface area (Å²) in [5, 5.41) is 0.366. The number of thiophene rings is 1. The fraction of sp³-hybridized carbons (Fsp3) is 0.312. The van der Waals surface area contributed by atoms with E-state index in [1.165, 1.54) is 41.2 Å². The zero-order valence-electron chi connectivity index (χ0n) is 24.4. The maximum atomic E-state index is 14.3. The second-order valence-corrected chi connectivity index (χ2v) is 11.9. The van der Waals surface area contributed by atoms with Crippen LogP contribution in [0.3, 0.4) is 0 Å². The Hall–Kier alpha value is -4.35. The van der Waals surface area contributed by atoms with Crippen molar-refractivity contribution in [2.45, 2.75) is 39.8 Å². The zero-order valence-corrected chi connectivity index (χ0v) is 25.2. The molecular weight excluding hydrogens is 571 g/mol. The summed E-state index contributed by atoms with van der Waals surface area (Å²) >= 11 is 1.20. The molecule has 0 aliphatic rings. The molecule has 1 atom stereocenters. The van der Waals surface area contributed by atoms with Gasteiger partial charge in [-0.2, -0.15) is 0 Å². The first kappa shape index (κ1) is 30.1. The molecule has 0 saturated heterocycles. The molecule has 9 nitrogen and oxygen atoms in total. The van der Waals surface area contributed by atoms with Crippen LogP contribution in [0.25, 0.3) is 22.1 Å². The van der Waals surface area contributed by atoms with E-state index in [1.54, 1.807) is 29.2 Å². The fourth-order valence-corrected chi connectivity index (χ4v) is 6.12. The molecule has 3 heterocycles. The van der Waals surface area contributed by atoms with Crippen LogP contribution in [0.4, 0.5) is 4.39 Å². The van der Waals surface area contributed by atoms with Crippen molar-refractivity contribution in [1.29, 1.82) is 0 Å². The number of amides is 1. The van der Waals surface area contributed by atoms with Crippen LogP contribution in [0.1, 0.15) is 62.6 Å². The zero-order chi connectivity index (χ0) is 30.8. The molecular formula is C32H33FN4O5S. The van der Waals surface area contributed by atoms with Gasteiger partial charge in [0.05, 0.1) is 19.7 Å². The van der Waals surface area contributed by atoms with Gasteiger partial charge in [-0.1, -0.05) is 31.5 Å². The summed E-state index contributed by atoms with van der Waals surface area (Å²) in [6.07, 6.45) is 0.528. The first-order chi connectivity index (χ1) is 20.6. The largest absolute Gasteiger partial charge is 0.465 e. The van der Waals surface area contributed by atoms with Crippen LogP contribution in [0.15, 0.2) is 63.8 Å². The molecule has 0 radical (unpaired) electrons. The summed E-state index contributed by atoms with van der Waals surface area (Å²) in [7, 11) is 1.31. The van der Waals surface area contributed by atoms with Crippen molar-refractivity contribution in [3.8, 4) is 0 Å². The van der Waals surface area contributed by atoms with Crippen LogP contribution in [0, 0.1) is 18.7 Å². The number of rotatable bonds is 10. The third-order valence-corrected chi connectivity index (χ3v) is 8.37. The molecule has 11 heteroatoms. The van der Waals surface area contributed by atoms with E-state index in [-0.39, 0.29) is 29.5 Å². The molecule has 5 rings (SSSR count). The van der Waals surface area contributed by atoms with Crippen molar-refractivity contribution in [3.63, 3.8) is 0 Å². The molecule has 0 aliphatic carbocycles. The number of methoxy groups -OCH3 is 1. The Morgan fingerprint density at radius 3 is 2.56 bits per heavy atom. The number of nitrogens with zero attached hydrogens (tertiary/aromatic N) is 3. The number of hydrogen-bond donors (Lipinski definition) is 1. The van der Waals surface area contributed by atoms with Crippen LogP contribution in [0.2, 0.25) is 0 Å². The topological polar surface area (TPSA) is 121 Å². The van der Waals surface area contributed by atoms with Gasteiger partial charge in [-0.25, -0.2) is 14.2 Å². The second-order valence-electron chi connectivity index (χ2n) is 10.7. The van der Waals surface area contributed by atoms with E-state index in [4.69, 9.17) is 19.9 Å². The number of aromatic nitrogens is 2. The van der Waals surface area contributed by atoms with Crippen molar-refractivity contribution in [2.75, 3.05) is 20.2 Å². The minimum atomic E-state index is -0.656. The van der Waals surface area contributed by atoms with Crippen molar-refractivity contribution in [2.24, 2.45) is 11.7 Å². The molecule has 224 valence electrons. The normalized spacial score (nSPS) is 12.3. The van der Waals surface area contributed by atoms with Crippen LogP contribution in [-0.4, -0.2) is 46.5 Å². The summed E-state index contributed by atoms with van der Waals surface area (Å²) in [6, 6.07) is 14.1. The number of nitrogens with two attached hydrogens (primary N) is 1. The van der Waals surface area contributed by atoms with E-state index >= 15 is 0 Å². The van der Waals surface area contributed by atoms with Gasteiger partial charge in [0.25, 0.3) is 11.5 Å². The van der Waals surface area contributed by atoms with Gasteiger partial charge in [-0.15, -0.1) is 11.3 Å². The van der Waals surface area contributed by atoms with Crippen LogP contribution >= 0.6 is 11.3 Å². The molecule has 3 aromatic heterocycles. The van der Waals surface area contributed by atoms with Gasteiger partial charge in [0.1, 0.15) is 27.6 Å². The van der Waals surface area contributed by atoms with E-state index in [0.29, 0.717) is 51.6 Å². The molecule has 1 unspecified atom stereocenters. The molecule has 0 bridgehead atoms. The Kier molecular flexibility index (Phi) is 8.74. The molecule has 2 aromatic carbocycles. The number of halogens is 1. The summed E-state index contributed by atoms with van der Waals surface area (Å²) in [6.45, 7) is 6.61. The lowest BCUT2D eigenvalue weighted by atomic mass is 9.99. The predicted octanol–water partition coefficient (Wildman–Crippen LogP) is 5.67. The highest BCUT2D eigenvalue weighted by molar-refractivity contribution is 7.13. The SMILES string of the molecule is COC(=O)c1ccc(Cn2c(C(C(C)C)N(CCCN)C(=O)c3ccc(C)cc3)nc3c(oc4ccc(F)cc43)c2=O)s1. The lowest BCUT2D eigenvalue weighted by molar-refractivity contribution is 0.0596. The average Bonchev–Trinajstić information content (AvgIpc) is 3.61. The van der Waals surface area contributed by atoms with Crippen LogP contribution < -0.4 is 11.3 Å². The number of esters is 1. The number of hydrogen-bond acceptors (Lipinski definition) is 8. The third kappa shape index (κ3) is 5.95. The Bertz CT molecular complexity index is 1860. The number of ether oxygens (including phenoxy) is 1. The molecule has 0 saturated carbocycles. The van der Waals surface area contributed by atoms with Gasteiger partial charge >= 0.3 is 5.97 Å². The summed E-state index contributed by atoms with van der Waals surface area (Å²) < 4.78 is 26.6. The van der Waals surface area contributed by atoms with E-state index in [0.717, 1.165) is 5.56 Å². The maximum absolute atomic E-state index is 14.3. The summed E-state index contributed by atoms with van der Waals surface area (Å²) in [5.41, 5.74) is 7.46. The molecule has 43 heavy (non-hydrogen) atoms. The van der Waals surface area contributed by atoms with Crippen molar-refractivity contribution in [1.82, 2.24) is 14.5 Å². The predicted molar refractivity (Wildman–Crippen MR) is 164 cm³/mol. The molecule has 0 spiro atoms. The molecule has 1 amide bonds. The van der Waals surface area contributed by atoms with E-state index in [1.807, 2.05) is 32.9 Å². The second kappa shape index (κ2) is 12.5. The van der Waals surface area contributed by atoms with Crippen molar-refractivity contribution < 1.29 is 23.1 Å². The van der Waals surface area contributed by atoms with E-state index in [9.17, 15) is 18.8 Å². The fourth-order valence-electron chi connectivity index (χ4n) is 5.21. The number of carbonyl (C=O) groups is 2. The molecule has 2 N–H and O–H groups in total. The van der Waals surface area contributed by atoms with Gasteiger partial charge in [-0.3, -0.25) is 14.2 Å². The highest BCUT2D eigenvalue weighted by Crippen LogP contribution is 2.33. The van der Waals surface area contributed by atoms with Gasteiger partial charge in [0.2, 0.25) is 5.58 Å². The van der Waals surface area contributed by atoms with Crippen LogP contribution in [0.5, 0.6) is 0 Å². The highest BCUT2D eigenvalue weighted by atomic mass is 32.1. The Balaban J connectivity index is 1.74. The minimum Gasteiger partial charge on any atom is -0.465 e. The van der Waals surface area contributed by atoms with Gasteiger partial charge < -0.3 is 19.8 Å². The monoisotopic (exact) mass is 604 g/mol. The quantitative estimate of drug-likeness (QED) is 0.204. The average molecular weight is 605 g/mol. The van der Waals surface area contributed by atoms with E-state index in [2.05, 4.69) is 0 Å². The first-order valence-corrected chi connectivity index (χ1v) is 14.8. The maximum Gasteiger partial charge on any atom is 0.348 e. The highest BCUT2D eigenvalue weighted by Gasteiger charge is 2.33. The van der Waals surface area contributed by atoms with Gasteiger partial charge in [-0.05, 0) is 68.3 Å². The van der Waals surface area contributed by atoms with Crippen molar-refractivity contribution in [3.05, 3.63) is 97.5 Å². The summed E-state index contributed by atoms with van der Waals surface area (Å²) in [4.78, 5) is 48.1. The lowest BCUT2D eigenvalue weighted by Gasteiger charge is -2.35. The minimum absolute atomic E-state index is 0.0185. The van der Waals surface area contributed by atoms with Crippen molar-refractivity contribution >= 4 is 45.3 Å². The van der Waals surface area contributed by atoms with Gasteiger partial charge in [0.15, 0.2) is 0 Å². The smallest absolute Gasteiger partial charge is 0.348 e. The Labute approximate surface area is 251 Å². The Morgan fingerprint density at radius 2 is 1.88 bits per heavy atom. The Morgan fingerprint density at radius 1 is 1.14 bits per heavy atom. The van der Waals surface area contributed by atoms with E-state index < -0.39 is 23.4 Å². The standard InChI is InChI=1S/C32H33FN4O5S/c1-18(2)27(36(15-5-14-34)30(38)20-8-6-19(3)7-9-20)29-35-26-23-16-21(33)10-12-24(23)42-28(26)31(39)37(29)17-22-11-13-25(43-22)32(40)41-4/h6-13,16,18,27H,5,14-15,17,34H2,1-4H3. The molecule has 5 aromatic rings. The summed E-state index contributed by atoms with van der Waals surface area (Å²) in [5.74, 6) is -1.05. The lowest BCUT2D eigenvalue weighted by Crippen LogP contribution is -2.42. The van der Waals surface area contributed by atoms with Gasteiger partial charge in [0, 0.05) is 22.4 Å².